The van der Waals surface area contributed by atoms with E-state index in [4.69, 9.17) is 4.74 Å². The predicted molar refractivity (Wildman–Crippen MR) is 66.2 cm³/mol. The lowest BCUT2D eigenvalue weighted by Crippen LogP contribution is -1.91. The van der Waals surface area contributed by atoms with Crippen LogP contribution in [0.15, 0.2) is 37.4 Å². The van der Waals surface area contributed by atoms with Crippen LogP contribution in [0, 0.1) is 0 Å². The number of unbranched alkanes of at least 4 members (excludes halogenated alkanes) is 1. The molecule has 0 saturated carbocycles. The molecule has 1 rings (SSSR count). The molecule has 0 radical (unpaired) electrons. The number of benzene rings is 1. The van der Waals surface area contributed by atoms with E-state index in [2.05, 4.69) is 25.3 Å². The van der Waals surface area contributed by atoms with Gasteiger partial charge in [-0.15, -0.1) is 6.58 Å². The summed E-state index contributed by atoms with van der Waals surface area (Å²) in [5, 5.41) is 0. The van der Waals surface area contributed by atoms with Crippen molar-refractivity contribution in [2.75, 3.05) is 7.11 Å². The van der Waals surface area contributed by atoms with Gasteiger partial charge >= 0.3 is 0 Å². The molecule has 1 nitrogen and oxygen atoms in total. The third kappa shape index (κ3) is 3.28. The van der Waals surface area contributed by atoms with Crippen LogP contribution in [0.2, 0.25) is 0 Å². The molecule has 0 bridgehead atoms. The summed E-state index contributed by atoms with van der Waals surface area (Å²) >= 11 is 0. The summed E-state index contributed by atoms with van der Waals surface area (Å²) in [5.74, 6) is 0.911. The second-order valence-corrected chi connectivity index (χ2v) is 3.45. The second kappa shape index (κ2) is 6.07. The lowest BCUT2D eigenvalue weighted by molar-refractivity contribution is 0.414. The van der Waals surface area contributed by atoms with Crippen LogP contribution in [0.1, 0.15) is 24.0 Å². The summed E-state index contributed by atoms with van der Waals surface area (Å²) in [5.41, 5.74) is 2.49. The zero-order valence-corrected chi connectivity index (χ0v) is 9.33. The molecule has 0 spiro atoms. The van der Waals surface area contributed by atoms with Crippen molar-refractivity contribution >= 4 is 6.08 Å². The average Bonchev–Trinajstić information content (AvgIpc) is 2.29. The molecule has 0 saturated heterocycles. The fourth-order valence-electron chi connectivity index (χ4n) is 1.56. The zero-order valence-electron chi connectivity index (χ0n) is 9.33. The molecule has 0 fully saturated rings. The van der Waals surface area contributed by atoms with E-state index in [9.17, 15) is 0 Å². The van der Waals surface area contributed by atoms with Crippen molar-refractivity contribution in [3.63, 3.8) is 0 Å². The van der Waals surface area contributed by atoms with Crippen molar-refractivity contribution in [1.29, 1.82) is 0 Å². The minimum atomic E-state index is 0.911. The average molecular weight is 202 g/mol. The van der Waals surface area contributed by atoms with E-state index in [-0.39, 0.29) is 0 Å². The van der Waals surface area contributed by atoms with Gasteiger partial charge in [0.1, 0.15) is 5.75 Å². The first-order valence-corrected chi connectivity index (χ1v) is 5.22. The second-order valence-electron chi connectivity index (χ2n) is 3.45. The van der Waals surface area contributed by atoms with Gasteiger partial charge in [-0.05, 0) is 42.5 Å². The minimum Gasteiger partial charge on any atom is -0.497 e. The molecule has 0 N–H and O–H groups in total. The molecule has 15 heavy (non-hydrogen) atoms. The van der Waals surface area contributed by atoms with E-state index in [1.54, 1.807) is 7.11 Å². The Bertz CT molecular complexity index is 339. The van der Waals surface area contributed by atoms with Gasteiger partial charge in [0.25, 0.3) is 0 Å². The first-order valence-electron chi connectivity index (χ1n) is 5.22. The summed E-state index contributed by atoms with van der Waals surface area (Å²) in [6.45, 7) is 7.54. The number of methoxy groups -OCH3 is 1. The molecule has 0 heterocycles. The van der Waals surface area contributed by atoms with Crippen LogP contribution in [-0.4, -0.2) is 7.11 Å². The van der Waals surface area contributed by atoms with Gasteiger partial charge in [0.15, 0.2) is 0 Å². The van der Waals surface area contributed by atoms with E-state index in [0.29, 0.717) is 0 Å². The van der Waals surface area contributed by atoms with Crippen molar-refractivity contribution in [3.05, 3.63) is 48.6 Å². The van der Waals surface area contributed by atoms with Crippen LogP contribution in [-0.2, 0) is 6.42 Å². The largest absolute Gasteiger partial charge is 0.497 e. The molecule has 80 valence electrons. The Labute approximate surface area is 92.1 Å². The SMILES string of the molecule is C=CCCCc1cc(OC)ccc1C=C. The predicted octanol–water partition coefficient (Wildman–Crippen LogP) is 3.85. The van der Waals surface area contributed by atoms with Crippen LogP contribution in [0.5, 0.6) is 5.75 Å². The maximum atomic E-state index is 5.21. The maximum Gasteiger partial charge on any atom is 0.119 e. The normalized spacial score (nSPS) is 9.67. The monoisotopic (exact) mass is 202 g/mol. The smallest absolute Gasteiger partial charge is 0.119 e. The Morgan fingerprint density at radius 2 is 2.13 bits per heavy atom. The maximum absolute atomic E-state index is 5.21. The summed E-state index contributed by atoms with van der Waals surface area (Å²) in [6, 6.07) is 6.10. The van der Waals surface area contributed by atoms with Gasteiger partial charge in [-0.1, -0.05) is 24.8 Å². The number of rotatable bonds is 6. The number of hydrogen-bond acceptors (Lipinski definition) is 1. The van der Waals surface area contributed by atoms with Crippen molar-refractivity contribution in [2.45, 2.75) is 19.3 Å². The Morgan fingerprint density at radius 1 is 1.33 bits per heavy atom. The standard InChI is InChI=1S/C14H18O/c1-4-6-7-8-13-11-14(15-3)10-9-12(13)5-2/h4-5,9-11H,1-2,6-8H2,3H3. The summed E-state index contributed by atoms with van der Waals surface area (Å²) in [7, 11) is 1.69. The van der Waals surface area contributed by atoms with Crippen LogP contribution in [0.4, 0.5) is 0 Å². The van der Waals surface area contributed by atoms with Crippen LogP contribution < -0.4 is 4.74 Å². The van der Waals surface area contributed by atoms with Crippen LogP contribution >= 0.6 is 0 Å². The van der Waals surface area contributed by atoms with Crippen molar-refractivity contribution in [2.24, 2.45) is 0 Å². The summed E-state index contributed by atoms with van der Waals surface area (Å²) < 4.78 is 5.21. The van der Waals surface area contributed by atoms with Crippen molar-refractivity contribution in [3.8, 4) is 5.75 Å². The van der Waals surface area contributed by atoms with Gasteiger partial charge < -0.3 is 4.74 Å². The fourth-order valence-corrected chi connectivity index (χ4v) is 1.56. The summed E-state index contributed by atoms with van der Waals surface area (Å²) in [4.78, 5) is 0. The Hall–Kier alpha value is -1.50. The third-order valence-corrected chi connectivity index (χ3v) is 2.42. The Kier molecular flexibility index (Phi) is 4.69. The first-order chi connectivity index (χ1) is 7.31. The highest BCUT2D eigenvalue weighted by Crippen LogP contribution is 2.20. The van der Waals surface area contributed by atoms with Gasteiger partial charge in [-0.2, -0.15) is 0 Å². The van der Waals surface area contributed by atoms with Crippen LogP contribution in [0.3, 0.4) is 0 Å². The molecule has 0 atom stereocenters. The van der Waals surface area contributed by atoms with E-state index in [1.165, 1.54) is 11.1 Å². The summed E-state index contributed by atoms with van der Waals surface area (Å²) in [6.07, 6.45) is 7.06. The van der Waals surface area contributed by atoms with E-state index >= 15 is 0 Å². The Balaban J connectivity index is 2.80. The van der Waals surface area contributed by atoms with E-state index < -0.39 is 0 Å². The molecule has 1 aromatic rings. The molecule has 0 amide bonds. The zero-order chi connectivity index (χ0) is 11.1. The molecule has 0 aromatic heterocycles. The molecule has 0 aliphatic rings. The highest BCUT2D eigenvalue weighted by atomic mass is 16.5. The van der Waals surface area contributed by atoms with Crippen molar-refractivity contribution in [1.82, 2.24) is 0 Å². The van der Waals surface area contributed by atoms with Crippen molar-refractivity contribution < 1.29 is 4.74 Å². The molecule has 0 unspecified atom stereocenters. The first kappa shape index (κ1) is 11.6. The number of ether oxygens (including phenoxy) is 1. The number of hydrogen-bond donors (Lipinski definition) is 0. The molecular weight excluding hydrogens is 184 g/mol. The van der Waals surface area contributed by atoms with E-state index in [1.807, 2.05) is 18.2 Å². The van der Waals surface area contributed by atoms with Gasteiger partial charge in [0.05, 0.1) is 7.11 Å². The minimum absolute atomic E-state index is 0.911. The van der Waals surface area contributed by atoms with Gasteiger partial charge in [0.2, 0.25) is 0 Å². The fraction of sp³-hybridized carbons (Fsp3) is 0.286. The molecular formula is C14H18O. The molecule has 1 aromatic carbocycles. The lowest BCUT2D eigenvalue weighted by atomic mass is 10.0. The quantitative estimate of drug-likeness (QED) is 0.503. The topological polar surface area (TPSA) is 9.23 Å². The highest BCUT2D eigenvalue weighted by Gasteiger charge is 2.01. The van der Waals surface area contributed by atoms with Crippen LogP contribution in [0.25, 0.3) is 6.08 Å². The molecule has 1 heteroatoms. The Morgan fingerprint density at radius 3 is 2.73 bits per heavy atom. The number of aryl methyl sites for hydroxylation is 1. The van der Waals surface area contributed by atoms with E-state index in [0.717, 1.165) is 25.0 Å². The van der Waals surface area contributed by atoms with Gasteiger partial charge in [-0.25, -0.2) is 0 Å². The lowest BCUT2D eigenvalue weighted by Gasteiger charge is -2.08. The number of allylic oxidation sites excluding steroid dienone is 1. The highest BCUT2D eigenvalue weighted by molar-refractivity contribution is 5.54. The van der Waals surface area contributed by atoms with Gasteiger partial charge in [-0.3, -0.25) is 0 Å². The molecule has 0 aliphatic heterocycles. The molecule has 0 aliphatic carbocycles. The van der Waals surface area contributed by atoms with Gasteiger partial charge in [0, 0.05) is 0 Å². The third-order valence-electron chi connectivity index (χ3n) is 2.42.